The summed E-state index contributed by atoms with van der Waals surface area (Å²) in [6.07, 6.45) is 0. The van der Waals surface area contributed by atoms with Crippen molar-refractivity contribution in [3.05, 3.63) is 29.8 Å². The fourth-order valence-corrected chi connectivity index (χ4v) is 1.83. The fraction of sp³-hybridized carbons (Fsp3) is 0.533. The molecule has 4 heteroatoms. The van der Waals surface area contributed by atoms with Crippen LogP contribution in [0.3, 0.4) is 0 Å². The molecule has 0 atom stereocenters. The smallest absolute Gasteiger partial charge is 0.170 e. The highest BCUT2D eigenvalue weighted by atomic mass is 32.1. The number of benzene rings is 1. The summed E-state index contributed by atoms with van der Waals surface area (Å²) in [6.45, 7) is 10.7. The summed E-state index contributed by atoms with van der Waals surface area (Å²) in [5, 5.41) is 6.90. The highest BCUT2D eigenvalue weighted by Gasteiger charge is 2.12. The van der Waals surface area contributed by atoms with E-state index in [-0.39, 0.29) is 5.41 Å². The minimum absolute atomic E-state index is 0.175. The van der Waals surface area contributed by atoms with Crippen molar-refractivity contribution in [3.8, 4) is 0 Å². The molecule has 0 saturated carbocycles. The number of thiocarbonyl (C=S) groups is 1. The van der Waals surface area contributed by atoms with E-state index in [2.05, 4.69) is 55.7 Å². The van der Waals surface area contributed by atoms with E-state index in [4.69, 9.17) is 17.0 Å². The zero-order chi connectivity index (χ0) is 14.3. The lowest BCUT2D eigenvalue weighted by Gasteiger charge is -2.19. The van der Waals surface area contributed by atoms with Gasteiger partial charge in [-0.25, -0.2) is 0 Å². The molecular formula is C15H24N2OS. The molecule has 0 heterocycles. The van der Waals surface area contributed by atoms with Crippen LogP contribution in [-0.2, 0) is 10.2 Å². The van der Waals surface area contributed by atoms with Crippen molar-refractivity contribution in [1.82, 2.24) is 5.32 Å². The Balaban J connectivity index is 2.43. The van der Waals surface area contributed by atoms with E-state index >= 15 is 0 Å². The van der Waals surface area contributed by atoms with Gasteiger partial charge in [-0.1, -0.05) is 32.9 Å². The normalized spacial score (nSPS) is 11.2. The van der Waals surface area contributed by atoms with Gasteiger partial charge < -0.3 is 15.4 Å². The van der Waals surface area contributed by atoms with Crippen molar-refractivity contribution in [3.63, 3.8) is 0 Å². The molecule has 3 nitrogen and oxygen atoms in total. The average molecular weight is 280 g/mol. The van der Waals surface area contributed by atoms with Crippen LogP contribution in [-0.4, -0.2) is 24.9 Å². The van der Waals surface area contributed by atoms with Crippen LogP contribution >= 0.6 is 12.2 Å². The maximum atomic E-state index is 5.24. The molecule has 19 heavy (non-hydrogen) atoms. The van der Waals surface area contributed by atoms with Gasteiger partial charge in [0.2, 0.25) is 0 Å². The molecular weight excluding hydrogens is 256 g/mol. The first-order chi connectivity index (χ1) is 8.93. The minimum Gasteiger partial charge on any atom is -0.380 e. The molecule has 2 N–H and O–H groups in total. The van der Waals surface area contributed by atoms with Crippen LogP contribution in [0.15, 0.2) is 24.3 Å². The van der Waals surface area contributed by atoms with E-state index in [0.29, 0.717) is 11.7 Å². The van der Waals surface area contributed by atoms with Crippen LogP contribution in [0.4, 0.5) is 5.69 Å². The highest BCUT2D eigenvalue weighted by molar-refractivity contribution is 7.80. The van der Waals surface area contributed by atoms with E-state index in [9.17, 15) is 0 Å². The zero-order valence-electron chi connectivity index (χ0n) is 12.2. The van der Waals surface area contributed by atoms with Crippen LogP contribution in [0.25, 0.3) is 0 Å². The predicted octanol–water partition coefficient (Wildman–Crippen LogP) is 3.31. The molecule has 0 amide bonds. The lowest BCUT2D eigenvalue weighted by Crippen LogP contribution is -2.31. The van der Waals surface area contributed by atoms with E-state index in [1.807, 2.05) is 6.92 Å². The van der Waals surface area contributed by atoms with Crippen LogP contribution in [0.5, 0.6) is 0 Å². The van der Waals surface area contributed by atoms with Gasteiger partial charge in [-0.05, 0) is 42.3 Å². The molecule has 0 aliphatic rings. The van der Waals surface area contributed by atoms with Crippen molar-refractivity contribution in [2.24, 2.45) is 0 Å². The van der Waals surface area contributed by atoms with Gasteiger partial charge in [0.1, 0.15) is 0 Å². The van der Waals surface area contributed by atoms with Crippen molar-refractivity contribution in [1.29, 1.82) is 0 Å². The molecule has 0 saturated heterocycles. The second-order valence-corrected chi connectivity index (χ2v) is 5.81. The average Bonchev–Trinajstić information content (AvgIpc) is 2.34. The van der Waals surface area contributed by atoms with E-state index in [0.717, 1.165) is 18.8 Å². The van der Waals surface area contributed by atoms with Gasteiger partial charge in [-0.15, -0.1) is 0 Å². The Morgan fingerprint density at radius 1 is 1.21 bits per heavy atom. The number of nitrogens with one attached hydrogen (secondary N) is 2. The van der Waals surface area contributed by atoms with Gasteiger partial charge in [-0.2, -0.15) is 0 Å². The van der Waals surface area contributed by atoms with Gasteiger partial charge in [0.05, 0.1) is 6.61 Å². The number of ether oxygens (including phenoxy) is 1. The molecule has 1 aromatic carbocycles. The lowest BCUT2D eigenvalue weighted by molar-refractivity contribution is 0.152. The molecule has 106 valence electrons. The van der Waals surface area contributed by atoms with Gasteiger partial charge >= 0.3 is 0 Å². The molecule has 0 unspecified atom stereocenters. The summed E-state index contributed by atoms with van der Waals surface area (Å²) in [6, 6.07) is 8.37. The SMILES string of the molecule is CCOCCNC(=S)Nc1ccc(C(C)(C)C)cc1. The molecule has 1 aromatic rings. The molecule has 0 aliphatic carbocycles. The lowest BCUT2D eigenvalue weighted by atomic mass is 9.87. The molecule has 0 fully saturated rings. The minimum atomic E-state index is 0.175. The van der Waals surface area contributed by atoms with E-state index in [1.54, 1.807) is 0 Å². The standard InChI is InChI=1S/C15H24N2OS/c1-5-18-11-10-16-14(19)17-13-8-6-12(7-9-13)15(2,3)4/h6-9H,5,10-11H2,1-4H3,(H2,16,17,19). The number of hydrogen-bond acceptors (Lipinski definition) is 2. The van der Waals surface area contributed by atoms with Gasteiger partial charge in [0.25, 0.3) is 0 Å². The van der Waals surface area contributed by atoms with Crippen LogP contribution in [0.2, 0.25) is 0 Å². The summed E-state index contributed by atoms with van der Waals surface area (Å²) < 4.78 is 5.24. The fourth-order valence-electron chi connectivity index (χ4n) is 1.61. The Morgan fingerprint density at radius 2 is 1.84 bits per heavy atom. The molecule has 0 radical (unpaired) electrons. The first kappa shape index (κ1) is 15.9. The Morgan fingerprint density at radius 3 is 2.37 bits per heavy atom. The molecule has 0 aromatic heterocycles. The Bertz CT molecular complexity index is 396. The maximum Gasteiger partial charge on any atom is 0.170 e. The van der Waals surface area contributed by atoms with Crippen LogP contribution in [0, 0.1) is 0 Å². The van der Waals surface area contributed by atoms with Gasteiger partial charge in [0, 0.05) is 18.8 Å². The number of anilines is 1. The van der Waals surface area contributed by atoms with Crippen molar-refractivity contribution < 1.29 is 4.74 Å². The summed E-state index contributed by atoms with van der Waals surface area (Å²) in [5.41, 5.74) is 2.49. The van der Waals surface area contributed by atoms with Crippen molar-refractivity contribution in [2.45, 2.75) is 33.1 Å². The second kappa shape index (κ2) is 7.46. The van der Waals surface area contributed by atoms with Crippen LogP contribution in [0.1, 0.15) is 33.3 Å². The Kier molecular flexibility index (Phi) is 6.25. The summed E-state index contributed by atoms with van der Waals surface area (Å²) in [5.74, 6) is 0. The van der Waals surface area contributed by atoms with E-state index < -0.39 is 0 Å². The first-order valence-electron chi connectivity index (χ1n) is 6.66. The summed E-state index contributed by atoms with van der Waals surface area (Å²) in [4.78, 5) is 0. The Labute approximate surface area is 121 Å². The third-order valence-corrected chi connectivity index (χ3v) is 2.99. The first-order valence-corrected chi connectivity index (χ1v) is 7.07. The summed E-state index contributed by atoms with van der Waals surface area (Å²) in [7, 11) is 0. The zero-order valence-corrected chi connectivity index (χ0v) is 13.1. The van der Waals surface area contributed by atoms with Gasteiger partial charge in [0.15, 0.2) is 5.11 Å². The van der Waals surface area contributed by atoms with Crippen molar-refractivity contribution in [2.75, 3.05) is 25.1 Å². The molecule has 0 spiro atoms. The summed E-state index contributed by atoms with van der Waals surface area (Å²) >= 11 is 5.21. The molecule has 1 rings (SSSR count). The monoisotopic (exact) mass is 280 g/mol. The van der Waals surface area contributed by atoms with Crippen LogP contribution < -0.4 is 10.6 Å². The number of rotatable bonds is 5. The maximum absolute atomic E-state index is 5.24. The molecule has 0 aliphatic heterocycles. The van der Waals surface area contributed by atoms with Crippen molar-refractivity contribution >= 4 is 23.0 Å². The topological polar surface area (TPSA) is 33.3 Å². The van der Waals surface area contributed by atoms with E-state index in [1.165, 1.54) is 5.56 Å². The Hall–Kier alpha value is -1.13. The third kappa shape index (κ3) is 6.03. The highest BCUT2D eigenvalue weighted by Crippen LogP contribution is 2.23. The largest absolute Gasteiger partial charge is 0.380 e. The third-order valence-electron chi connectivity index (χ3n) is 2.74. The predicted molar refractivity (Wildman–Crippen MR) is 85.9 cm³/mol. The number of hydrogen-bond donors (Lipinski definition) is 2. The van der Waals surface area contributed by atoms with Gasteiger partial charge in [-0.3, -0.25) is 0 Å². The quantitative estimate of drug-likeness (QED) is 0.640. The second-order valence-electron chi connectivity index (χ2n) is 5.41. The molecule has 0 bridgehead atoms.